The van der Waals surface area contributed by atoms with Crippen LogP contribution in [0.4, 0.5) is 0 Å². The standard InChI is InChI=1S/C16H13BrO3/c1-11-4-2-3-5-14(11)20-15-8-6-12(10-13(15)17)7-9-16(18)19/h2-10H,1H3,(H,18,19)/b9-7+. The predicted molar refractivity (Wildman–Crippen MR) is 82.1 cm³/mol. The van der Waals surface area contributed by atoms with E-state index in [-0.39, 0.29) is 0 Å². The van der Waals surface area contributed by atoms with E-state index in [1.165, 1.54) is 6.08 Å². The first-order chi connectivity index (χ1) is 9.56. The highest BCUT2D eigenvalue weighted by Gasteiger charge is 2.05. The van der Waals surface area contributed by atoms with Crippen LogP contribution < -0.4 is 4.74 Å². The van der Waals surface area contributed by atoms with Gasteiger partial charge in [0.2, 0.25) is 0 Å². The van der Waals surface area contributed by atoms with Crippen molar-refractivity contribution in [2.24, 2.45) is 0 Å². The molecule has 2 rings (SSSR count). The molecule has 0 amide bonds. The number of rotatable bonds is 4. The minimum absolute atomic E-state index is 0.687. The number of hydrogen-bond donors (Lipinski definition) is 1. The first-order valence-corrected chi connectivity index (χ1v) is 6.79. The molecule has 0 aliphatic carbocycles. The van der Waals surface area contributed by atoms with Crippen molar-refractivity contribution in [3.8, 4) is 11.5 Å². The molecule has 0 heterocycles. The van der Waals surface area contributed by atoms with E-state index in [9.17, 15) is 4.79 Å². The van der Waals surface area contributed by atoms with Crippen molar-refractivity contribution in [1.29, 1.82) is 0 Å². The van der Waals surface area contributed by atoms with Crippen molar-refractivity contribution in [3.05, 3.63) is 64.1 Å². The fraction of sp³-hybridized carbons (Fsp3) is 0.0625. The second kappa shape index (κ2) is 6.39. The highest BCUT2D eigenvalue weighted by Crippen LogP contribution is 2.32. The van der Waals surface area contributed by atoms with Gasteiger partial charge in [0.05, 0.1) is 4.47 Å². The van der Waals surface area contributed by atoms with Crippen molar-refractivity contribution in [3.63, 3.8) is 0 Å². The summed E-state index contributed by atoms with van der Waals surface area (Å²) in [6, 6.07) is 13.2. The first kappa shape index (κ1) is 14.3. The van der Waals surface area contributed by atoms with Gasteiger partial charge in [-0.1, -0.05) is 24.3 Å². The average molecular weight is 333 g/mol. The number of carbonyl (C=O) groups is 1. The van der Waals surface area contributed by atoms with Crippen molar-refractivity contribution in [1.82, 2.24) is 0 Å². The number of carboxylic acids is 1. The Bertz CT molecular complexity index is 663. The lowest BCUT2D eigenvalue weighted by molar-refractivity contribution is -0.131. The number of carboxylic acid groups (broad SMARTS) is 1. The summed E-state index contributed by atoms with van der Waals surface area (Å²) in [7, 11) is 0. The summed E-state index contributed by atoms with van der Waals surface area (Å²) >= 11 is 3.43. The smallest absolute Gasteiger partial charge is 0.328 e. The predicted octanol–water partition coefficient (Wildman–Crippen LogP) is 4.65. The minimum atomic E-state index is -0.971. The molecule has 0 aromatic heterocycles. The maximum absolute atomic E-state index is 10.5. The lowest BCUT2D eigenvalue weighted by Crippen LogP contribution is -1.89. The van der Waals surface area contributed by atoms with Crippen LogP contribution in [-0.4, -0.2) is 11.1 Å². The summed E-state index contributed by atoms with van der Waals surface area (Å²) in [5.74, 6) is 0.509. The van der Waals surface area contributed by atoms with Crippen LogP contribution in [0.3, 0.4) is 0 Å². The topological polar surface area (TPSA) is 46.5 Å². The van der Waals surface area contributed by atoms with Gasteiger partial charge in [-0.05, 0) is 58.3 Å². The van der Waals surface area contributed by atoms with Crippen molar-refractivity contribution in [2.45, 2.75) is 6.92 Å². The second-order valence-corrected chi connectivity index (χ2v) is 5.08. The molecule has 0 aliphatic heterocycles. The third kappa shape index (κ3) is 3.71. The van der Waals surface area contributed by atoms with Gasteiger partial charge in [0.25, 0.3) is 0 Å². The van der Waals surface area contributed by atoms with Gasteiger partial charge < -0.3 is 9.84 Å². The molecule has 1 N–H and O–H groups in total. The molecule has 0 radical (unpaired) electrons. The number of benzene rings is 2. The van der Waals surface area contributed by atoms with Crippen LogP contribution >= 0.6 is 15.9 Å². The Labute approximate surface area is 125 Å². The quantitative estimate of drug-likeness (QED) is 0.829. The fourth-order valence-corrected chi connectivity index (χ4v) is 2.14. The number of hydrogen-bond acceptors (Lipinski definition) is 2. The molecule has 3 nitrogen and oxygen atoms in total. The fourth-order valence-electron chi connectivity index (χ4n) is 1.66. The minimum Gasteiger partial charge on any atom is -0.478 e. The number of aryl methyl sites for hydroxylation is 1. The van der Waals surface area contributed by atoms with E-state index in [0.29, 0.717) is 5.75 Å². The van der Waals surface area contributed by atoms with Crippen LogP contribution in [0.15, 0.2) is 53.0 Å². The van der Waals surface area contributed by atoms with Gasteiger partial charge in [-0.15, -0.1) is 0 Å². The monoisotopic (exact) mass is 332 g/mol. The van der Waals surface area contributed by atoms with Crippen LogP contribution in [0, 0.1) is 6.92 Å². The molecule has 20 heavy (non-hydrogen) atoms. The normalized spacial score (nSPS) is 10.7. The highest BCUT2D eigenvalue weighted by atomic mass is 79.9. The molecule has 2 aromatic carbocycles. The van der Waals surface area contributed by atoms with Gasteiger partial charge in [-0.3, -0.25) is 0 Å². The Hall–Kier alpha value is -2.07. The zero-order valence-corrected chi connectivity index (χ0v) is 12.4. The largest absolute Gasteiger partial charge is 0.478 e. The van der Waals surface area contributed by atoms with Crippen molar-refractivity contribution in [2.75, 3.05) is 0 Å². The zero-order valence-electron chi connectivity index (χ0n) is 10.8. The van der Waals surface area contributed by atoms with Gasteiger partial charge in [0.15, 0.2) is 0 Å². The SMILES string of the molecule is Cc1ccccc1Oc1ccc(/C=C/C(=O)O)cc1Br. The highest BCUT2D eigenvalue weighted by molar-refractivity contribution is 9.10. The van der Waals surface area contributed by atoms with Crippen LogP contribution in [0.25, 0.3) is 6.08 Å². The van der Waals surface area contributed by atoms with Crippen LogP contribution in [-0.2, 0) is 4.79 Å². The van der Waals surface area contributed by atoms with E-state index in [0.717, 1.165) is 27.4 Å². The first-order valence-electron chi connectivity index (χ1n) is 6.00. The molecule has 102 valence electrons. The summed E-state index contributed by atoms with van der Waals surface area (Å²) in [5, 5.41) is 8.60. The Morgan fingerprint density at radius 1 is 1.20 bits per heavy atom. The Kier molecular flexibility index (Phi) is 4.58. The lowest BCUT2D eigenvalue weighted by atomic mass is 10.2. The van der Waals surface area contributed by atoms with Gasteiger partial charge in [0, 0.05) is 6.08 Å². The van der Waals surface area contributed by atoms with Crippen LogP contribution in [0.2, 0.25) is 0 Å². The third-order valence-corrected chi connectivity index (χ3v) is 3.31. The molecular weight excluding hydrogens is 320 g/mol. The summed E-state index contributed by atoms with van der Waals surface area (Å²) in [4.78, 5) is 10.5. The maximum atomic E-state index is 10.5. The van der Waals surface area contributed by atoms with E-state index in [1.54, 1.807) is 12.1 Å². The van der Waals surface area contributed by atoms with Crippen molar-refractivity contribution < 1.29 is 14.6 Å². The average Bonchev–Trinajstić information content (AvgIpc) is 2.41. The summed E-state index contributed by atoms with van der Waals surface area (Å²) < 4.78 is 6.60. The third-order valence-electron chi connectivity index (χ3n) is 2.69. The molecule has 4 heteroatoms. The van der Waals surface area contributed by atoms with E-state index < -0.39 is 5.97 Å². The van der Waals surface area contributed by atoms with Gasteiger partial charge >= 0.3 is 5.97 Å². The molecule has 0 saturated carbocycles. The van der Waals surface area contributed by atoms with E-state index >= 15 is 0 Å². The van der Waals surface area contributed by atoms with Gasteiger partial charge in [-0.2, -0.15) is 0 Å². The lowest BCUT2D eigenvalue weighted by Gasteiger charge is -2.10. The summed E-state index contributed by atoms with van der Waals surface area (Å²) in [6.07, 6.45) is 2.63. The number of halogens is 1. The molecule has 0 bridgehead atoms. The van der Waals surface area contributed by atoms with Crippen LogP contribution in [0.5, 0.6) is 11.5 Å². The Morgan fingerprint density at radius 3 is 2.60 bits per heavy atom. The Balaban J connectivity index is 2.22. The number of aliphatic carboxylic acids is 1. The zero-order chi connectivity index (χ0) is 14.5. The molecule has 0 fully saturated rings. The van der Waals surface area contributed by atoms with Crippen LogP contribution in [0.1, 0.15) is 11.1 Å². The molecule has 0 unspecified atom stereocenters. The maximum Gasteiger partial charge on any atom is 0.328 e. The van der Waals surface area contributed by atoms with Gasteiger partial charge in [0.1, 0.15) is 11.5 Å². The molecule has 2 aromatic rings. The molecule has 0 atom stereocenters. The van der Waals surface area contributed by atoms with Gasteiger partial charge in [-0.25, -0.2) is 4.79 Å². The Morgan fingerprint density at radius 2 is 1.95 bits per heavy atom. The number of ether oxygens (including phenoxy) is 1. The molecule has 0 saturated heterocycles. The van der Waals surface area contributed by atoms with E-state index in [1.807, 2.05) is 37.3 Å². The van der Waals surface area contributed by atoms with Crippen molar-refractivity contribution >= 4 is 28.0 Å². The summed E-state index contributed by atoms with van der Waals surface area (Å²) in [6.45, 7) is 1.98. The molecule has 0 spiro atoms. The van der Waals surface area contributed by atoms with E-state index in [4.69, 9.17) is 9.84 Å². The van der Waals surface area contributed by atoms with E-state index in [2.05, 4.69) is 15.9 Å². The molecule has 0 aliphatic rings. The number of para-hydroxylation sites is 1. The second-order valence-electron chi connectivity index (χ2n) is 4.23. The molecular formula is C16H13BrO3. The summed E-state index contributed by atoms with van der Waals surface area (Å²) in [5.41, 5.74) is 1.84.